The van der Waals surface area contributed by atoms with Crippen molar-refractivity contribution in [2.24, 2.45) is 0 Å². The van der Waals surface area contributed by atoms with Gasteiger partial charge in [0, 0.05) is 12.5 Å². The molecule has 2 aromatic rings. The second-order valence-electron chi connectivity index (χ2n) is 5.99. The fourth-order valence-corrected chi connectivity index (χ4v) is 3.79. The molecular weight excluding hydrogens is 366 g/mol. The van der Waals surface area contributed by atoms with Crippen molar-refractivity contribution < 1.29 is 22.8 Å². The monoisotopic (exact) mass is 383 g/mol. The van der Waals surface area contributed by atoms with Crippen LogP contribution in [0.1, 0.15) is 22.6 Å². The second kappa shape index (κ2) is 6.74. The average Bonchev–Trinajstić information content (AvgIpc) is 2.74. The molecule has 0 spiro atoms. The number of fused-ring (bicyclic) bond motifs is 1. The fraction of sp³-hybridized carbons (Fsp3) is 0.294. The number of phenols is 2. The van der Waals surface area contributed by atoms with E-state index in [-0.39, 0.29) is 28.2 Å². The maximum atomic E-state index is 11.5. The third kappa shape index (κ3) is 3.84. The first-order chi connectivity index (χ1) is 11.8. The first-order valence-corrected chi connectivity index (χ1v) is 9.89. The van der Waals surface area contributed by atoms with E-state index in [1.54, 1.807) is 24.3 Å². The van der Waals surface area contributed by atoms with Crippen molar-refractivity contribution in [1.29, 1.82) is 0 Å². The number of rotatable bonds is 3. The summed E-state index contributed by atoms with van der Waals surface area (Å²) >= 11 is 6.30. The van der Waals surface area contributed by atoms with E-state index in [0.717, 1.165) is 22.9 Å². The lowest BCUT2D eigenvalue weighted by Crippen LogP contribution is -2.20. The van der Waals surface area contributed by atoms with Gasteiger partial charge in [0.2, 0.25) is 0 Å². The molecule has 1 aliphatic heterocycles. The third-order valence-electron chi connectivity index (χ3n) is 4.15. The summed E-state index contributed by atoms with van der Waals surface area (Å²) in [6.45, 7) is 1.28. The molecule has 1 heterocycles. The molecule has 1 aliphatic rings. The molecule has 1 atom stereocenters. The minimum Gasteiger partial charge on any atom is -0.508 e. The molecule has 0 saturated carbocycles. The molecule has 0 amide bonds. The van der Waals surface area contributed by atoms with Gasteiger partial charge in [-0.15, -0.1) is 0 Å². The minimum atomic E-state index is -3.81. The molecule has 134 valence electrons. The van der Waals surface area contributed by atoms with E-state index >= 15 is 0 Å². The molecule has 0 bridgehead atoms. The lowest BCUT2D eigenvalue weighted by molar-refractivity contribution is 0.429. The van der Waals surface area contributed by atoms with Crippen LogP contribution < -0.4 is 9.50 Å². The lowest BCUT2D eigenvalue weighted by atomic mass is 9.87. The normalized spacial score (nSPS) is 17.6. The van der Waals surface area contributed by atoms with Crippen LogP contribution in [0.2, 0.25) is 5.02 Å². The van der Waals surface area contributed by atoms with E-state index in [1.807, 2.05) is 0 Å². The highest BCUT2D eigenvalue weighted by atomic mass is 35.5. The standard InChI is InChI=1S/C17H18ClNO5S/c1-25(22,23)24-15-8-13-12(16(18)17(15)21)6-7-19-9-14(13)10-2-4-11(20)5-3-10/h2-5,8,14,19-21H,6-7,9H2,1H3. The van der Waals surface area contributed by atoms with Gasteiger partial charge in [0.25, 0.3) is 0 Å². The molecule has 25 heavy (non-hydrogen) atoms. The Hall–Kier alpha value is -1.96. The molecule has 8 heteroatoms. The Morgan fingerprint density at radius 2 is 1.92 bits per heavy atom. The predicted octanol–water partition coefficient (Wildman–Crippen LogP) is 2.37. The first-order valence-electron chi connectivity index (χ1n) is 7.69. The van der Waals surface area contributed by atoms with Crippen molar-refractivity contribution in [2.75, 3.05) is 19.3 Å². The molecular formula is C17H18ClNO5S. The quantitative estimate of drug-likeness (QED) is 0.704. The number of hydrogen-bond donors (Lipinski definition) is 3. The van der Waals surface area contributed by atoms with Crippen LogP contribution >= 0.6 is 11.6 Å². The predicted molar refractivity (Wildman–Crippen MR) is 95.1 cm³/mol. The van der Waals surface area contributed by atoms with Gasteiger partial charge in [0.15, 0.2) is 11.5 Å². The van der Waals surface area contributed by atoms with Gasteiger partial charge in [-0.1, -0.05) is 23.7 Å². The van der Waals surface area contributed by atoms with E-state index in [9.17, 15) is 18.6 Å². The third-order valence-corrected chi connectivity index (χ3v) is 5.04. The summed E-state index contributed by atoms with van der Waals surface area (Å²) in [5.41, 5.74) is 2.47. The summed E-state index contributed by atoms with van der Waals surface area (Å²) in [4.78, 5) is 0. The van der Waals surface area contributed by atoms with Crippen LogP contribution in [0.3, 0.4) is 0 Å². The van der Waals surface area contributed by atoms with Crippen LogP contribution in [-0.4, -0.2) is 38.0 Å². The summed E-state index contributed by atoms with van der Waals surface area (Å²) in [5.74, 6) is -0.525. The van der Waals surface area contributed by atoms with Crippen molar-refractivity contribution in [3.8, 4) is 17.2 Å². The van der Waals surface area contributed by atoms with Crippen LogP contribution in [-0.2, 0) is 16.5 Å². The zero-order valence-corrected chi connectivity index (χ0v) is 15.1. The Kier molecular flexibility index (Phi) is 4.81. The number of aromatic hydroxyl groups is 2. The van der Waals surface area contributed by atoms with Crippen LogP contribution in [0.5, 0.6) is 17.2 Å². The maximum absolute atomic E-state index is 11.5. The summed E-state index contributed by atoms with van der Waals surface area (Å²) < 4.78 is 27.8. The average molecular weight is 384 g/mol. The van der Waals surface area contributed by atoms with Crippen LogP contribution in [0.4, 0.5) is 0 Å². The molecule has 0 radical (unpaired) electrons. The van der Waals surface area contributed by atoms with Gasteiger partial charge in [-0.3, -0.25) is 0 Å². The molecule has 0 aliphatic carbocycles. The van der Waals surface area contributed by atoms with Gasteiger partial charge in [-0.25, -0.2) is 0 Å². The highest BCUT2D eigenvalue weighted by Gasteiger charge is 2.27. The second-order valence-corrected chi connectivity index (χ2v) is 7.94. The number of hydrogen-bond acceptors (Lipinski definition) is 6. The highest BCUT2D eigenvalue weighted by Crippen LogP contribution is 2.43. The van der Waals surface area contributed by atoms with E-state index < -0.39 is 10.1 Å². The first kappa shape index (κ1) is 17.8. The molecule has 3 rings (SSSR count). The SMILES string of the molecule is CS(=O)(=O)Oc1cc2c(c(Cl)c1O)CCNCC2c1ccc(O)cc1. The Balaban J connectivity index is 2.16. The number of phenolic OH excluding ortho intramolecular Hbond substituents is 2. The number of nitrogens with one attached hydrogen (secondary N) is 1. The van der Waals surface area contributed by atoms with E-state index in [0.29, 0.717) is 19.5 Å². The molecule has 6 nitrogen and oxygen atoms in total. The fourth-order valence-electron chi connectivity index (χ4n) is 3.04. The molecule has 3 N–H and O–H groups in total. The lowest BCUT2D eigenvalue weighted by Gasteiger charge is -2.21. The smallest absolute Gasteiger partial charge is 0.306 e. The Morgan fingerprint density at radius 3 is 2.56 bits per heavy atom. The van der Waals surface area contributed by atoms with Gasteiger partial charge in [0.05, 0.1) is 11.3 Å². The van der Waals surface area contributed by atoms with E-state index in [1.165, 1.54) is 6.07 Å². The van der Waals surface area contributed by atoms with Gasteiger partial charge < -0.3 is 19.7 Å². The topological polar surface area (TPSA) is 95.9 Å². The molecule has 0 fully saturated rings. The van der Waals surface area contributed by atoms with Crippen molar-refractivity contribution in [2.45, 2.75) is 12.3 Å². The molecule has 2 aromatic carbocycles. The van der Waals surface area contributed by atoms with Crippen LogP contribution in [0.25, 0.3) is 0 Å². The Bertz CT molecular complexity index is 896. The molecule has 0 aromatic heterocycles. The summed E-state index contributed by atoms with van der Waals surface area (Å²) in [5, 5.41) is 23.1. The molecule has 0 saturated heterocycles. The van der Waals surface area contributed by atoms with Crippen molar-refractivity contribution in [1.82, 2.24) is 5.32 Å². The largest absolute Gasteiger partial charge is 0.508 e. The Labute approximate surface area is 151 Å². The van der Waals surface area contributed by atoms with Crippen molar-refractivity contribution >= 4 is 21.7 Å². The maximum Gasteiger partial charge on any atom is 0.306 e. The van der Waals surface area contributed by atoms with Gasteiger partial charge >= 0.3 is 10.1 Å². The van der Waals surface area contributed by atoms with Crippen LogP contribution in [0, 0.1) is 0 Å². The van der Waals surface area contributed by atoms with E-state index in [2.05, 4.69) is 5.32 Å². The van der Waals surface area contributed by atoms with Gasteiger partial charge in [0.1, 0.15) is 5.75 Å². The number of halogens is 1. The van der Waals surface area contributed by atoms with Crippen LogP contribution in [0.15, 0.2) is 30.3 Å². The Morgan fingerprint density at radius 1 is 1.24 bits per heavy atom. The summed E-state index contributed by atoms with van der Waals surface area (Å²) in [7, 11) is -3.81. The summed E-state index contributed by atoms with van der Waals surface area (Å²) in [6, 6.07) is 8.32. The highest BCUT2D eigenvalue weighted by molar-refractivity contribution is 7.86. The van der Waals surface area contributed by atoms with Gasteiger partial charge in [-0.2, -0.15) is 8.42 Å². The zero-order valence-electron chi connectivity index (χ0n) is 13.5. The van der Waals surface area contributed by atoms with Crippen molar-refractivity contribution in [3.63, 3.8) is 0 Å². The van der Waals surface area contributed by atoms with E-state index in [4.69, 9.17) is 15.8 Å². The number of benzene rings is 2. The van der Waals surface area contributed by atoms with Crippen molar-refractivity contribution in [3.05, 3.63) is 52.0 Å². The zero-order chi connectivity index (χ0) is 18.2. The molecule has 1 unspecified atom stereocenters. The summed E-state index contributed by atoms with van der Waals surface area (Å²) in [6.07, 6.45) is 1.50. The minimum absolute atomic E-state index is 0.101. The van der Waals surface area contributed by atoms with Gasteiger partial charge in [-0.05, 0) is 47.9 Å².